The van der Waals surface area contributed by atoms with Crippen molar-refractivity contribution < 1.29 is 4.58 Å². The van der Waals surface area contributed by atoms with Crippen molar-refractivity contribution in [3.05, 3.63) is 81.1 Å². The molecule has 1 aliphatic heterocycles. The third kappa shape index (κ3) is 4.00. The molecule has 5 rings (SSSR count). The number of fused-ring (bicyclic) bond motifs is 3. The number of nitrogens with one attached hydrogen (secondary N) is 1. The van der Waals surface area contributed by atoms with E-state index in [-0.39, 0.29) is 5.41 Å². The van der Waals surface area contributed by atoms with Crippen LogP contribution in [-0.2, 0) is 0 Å². The first-order chi connectivity index (χ1) is 15.8. The first-order valence-corrected chi connectivity index (χ1v) is 13.3. The van der Waals surface area contributed by atoms with E-state index in [1.54, 1.807) is 0 Å². The molecule has 33 heavy (non-hydrogen) atoms. The summed E-state index contributed by atoms with van der Waals surface area (Å²) in [6.07, 6.45) is 22.6. The van der Waals surface area contributed by atoms with Crippen LogP contribution in [0.4, 0.5) is 0 Å². The Hall–Kier alpha value is -1.91. The highest BCUT2D eigenvalue weighted by molar-refractivity contribution is 9.11. The molecule has 1 heterocycles. The second-order valence-corrected chi connectivity index (χ2v) is 11.6. The van der Waals surface area contributed by atoms with Gasteiger partial charge in [0, 0.05) is 45.4 Å². The number of likely N-dealkylation sites (N-methyl/N-ethyl adjacent to an activating group) is 1. The maximum Gasteiger partial charge on any atom is 0.199 e. The summed E-state index contributed by atoms with van der Waals surface area (Å²) in [6, 6.07) is 0.814. The van der Waals surface area contributed by atoms with E-state index in [1.807, 2.05) is 0 Å². The Balaban J connectivity index is 1.67. The summed E-state index contributed by atoms with van der Waals surface area (Å²) in [5.41, 5.74) is 8.24. The minimum atomic E-state index is -0.0386. The normalized spacial score (nSPS) is 30.5. The number of halogens is 1. The number of rotatable bonds is 3. The fourth-order valence-corrected chi connectivity index (χ4v) is 6.65. The highest BCUT2D eigenvalue weighted by Crippen LogP contribution is 2.53. The molecule has 1 saturated heterocycles. The van der Waals surface area contributed by atoms with Crippen LogP contribution < -0.4 is 5.32 Å². The van der Waals surface area contributed by atoms with E-state index < -0.39 is 0 Å². The predicted molar refractivity (Wildman–Crippen MR) is 143 cm³/mol. The molecule has 0 aromatic heterocycles. The number of nitrogens with zero attached hydrogens (tertiary/aromatic N) is 2. The zero-order chi connectivity index (χ0) is 23.3. The number of hydrogen-bond acceptors (Lipinski definition) is 2. The molecule has 1 fully saturated rings. The van der Waals surface area contributed by atoms with E-state index in [2.05, 4.69) is 114 Å². The molecule has 174 valence electrons. The van der Waals surface area contributed by atoms with Gasteiger partial charge in [0.25, 0.3) is 0 Å². The topological polar surface area (TPSA) is 18.3 Å². The summed E-state index contributed by atoms with van der Waals surface area (Å²) in [4.78, 5) is 2.68. The third-order valence-electron chi connectivity index (χ3n) is 8.02. The van der Waals surface area contributed by atoms with Gasteiger partial charge in [-0.15, -0.1) is 0 Å². The Morgan fingerprint density at radius 1 is 1.12 bits per heavy atom. The van der Waals surface area contributed by atoms with Crippen molar-refractivity contribution in [3.63, 3.8) is 0 Å². The molecule has 4 heteroatoms. The maximum absolute atomic E-state index is 3.97. The van der Waals surface area contributed by atoms with Crippen LogP contribution in [0.15, 0.2) is 81.1 Å². The van der Waals surface area contributed by atoms with Gasteiger partial charge >= 0.3 is 0 Å². The van der Waals surface area contributed by atoms with Crippen molar-refractivity contribution in [1.29, 1.82) is 0 Å². The lowest BCUT2D eigenvalue weighted by Crippen LogP contribution is -2.47. The third-order valence-corrected chi connectivity index (χ3v) is 8.55. The van der Waals surface area contributed by atoms with Gasteiger partial charge in [-0.25, -0.2) is 4.58 Å². The van der Waals surface area contributed by atoms with Crippen molar-refractivity contribution in [2.24, 2.45) is 11.3 Å². The van der Waals surface area contributed by atoms with Crippen LogP contribution in [0.2, 0.25) is 0 Å². The summed E-state index contributed by atoms with van der Waals surface area (Å²) < 4.78 is 3.37. The second kappa shape index (κ2) is 8.70. The van der Waals surface area contributed by atoms with Crippen molar-refractivity contribution in [1.82, 2.24) is 10.2 Å². The van der Waals surface area contributed by atoms with Crippen molar-refractivity contribution in [3.8, 4) is 0 Å². The molecule has 0 radical (unpaired) electrons. The van der Waals surface area contributed by atoms with Gasteiger partial charge in [0.05, 0.1) is 0 Å². The minimum Gasteiger partial charge on any atom is -0.378 e. The monoisotopic (exact) mass is 506 g/mol. The lowest BCUT2D eigenvalue weighted by Gasteiger charge is -2.47. The molecule has 5 aliphatic rings. The highest BCUT2D eigenvalue weighted by atomic mass is 79.9. The van der Waals surface area contributed by atoms with Gasteiger partial charge in [-0.2, -0.15) is 0 Å². The Morgan fingerprint density at radius 3 is 2.67 bits per heavy atom. The van der Waals surface area contributed by atoms with E-state index in [4.69, 9.17) is 0 Å². The lowest BCUT2D eigenvalue weighted by molar-refractivity contribution is -0.462. The SMILES string of the molecule is CCN1CCCC2C=C3C(=CC21)C(C)(C)C1=CC(=[N+](C)C)C=CC1=C3NC1C=C(Br)C=CC1. The zero-order valence-electron chi connectivity index (χ0n) is 20.7. The van der Waals surface area contributed by atoms with Crippen molar-refractivity contribution in [2.45, 2.75) is 52.1 Å². The fourth-order valence-electron chi connectivity index (χ4n) is 6.15. The van der Waals surface area contributed by atoms with E-state index in [1.165, 1.54) is 53.1 Å². The van der Waals surface area contributed by atoms with Crippen LogP contribution >= 0.6 is 15.9 Å². The Bertz CT molecular complexity index is 1100. The van der Waals surface area contributed by atoms with E-state index in [0.29, 0.717) is 18.0 Å². The molecule has 1 N–H and O–H groups in total. The van der Waals surface area contributed by atoms with Gasteiger partial charge in [0.2, 0.25) is 0 Å². The Morgan fingerprint density at radius 2 is 1.94 bits per heavy atom. The number of likely N-dealkylation sites (tertiary alicyclic amines) is 1. The van der Waals surface area contributed by atoms with Crippen LogP contribution in [0, 0.1) is 11.3 Å². The molecule has 0 saturated carbocycles. The molecule has 3 atom stereocenters. The number of allylic oxidation sites excluding steroid dienone is 8. The summed E-state index contributed by atoms with van der Waals surface area (Å²) in [5.74, 6) is 0.598. The van der Waals surface area contributed by atoms with Gasteiger partial charge in [-0.05, 0) is 67.1 Å². The summed E-state index contributed by atoms with van der Waals surface area (Å²) >= 11 is 3.69. The molecule has 0 bridgehead atoms. The standard InChI is InChI=1S/C29H36BrN3/c1-6-33-14-8-9-19-15-24-26(18-27(19)33)29(2,3)25-17-22(32(4)5)12-13-23(25)28(24)31-21-11-7-10-20(30)16-21/h7,10,12-13,15-19,21,27H,6,8-9,11,14H2,1-5H3/p+1. The van der Waals surface area contributed by atoms with E-state index in [0.717, 1.165) is 17.4 Å². The number of piperidine rings is 1. The molecule has 0 aromatic carbocycles. The van der Waals surface area contributed by atoms with Gasteiger partial charge < -0.3 is 5.32 Å². The molecule has 4 aliphatic carbocycles. The van der Waals surface area contributed by atoms with E-state index in [9.17, 15) is 0 Å². The molecule has 3 nitrogen and oxygen atoms in total. The summed E-state index contributed by atoms with van der Waals surface area (Å²) in [5, 5.41) is 3.97. The molecule has 0 aromatic rings. The largest absolute Gasteiger partial charge is 0.378 e. The van der Waals surface area contributed by atoms with Crippen LogP contribution in [0.1, 0.15) is 40.0 Å². The molecule has 3 unspecified atom stereocenters. The molecular weight excluding hydrogens is 470 g/mol. The first kappa shape index (κ1) is 22.9. The van der Waals surface area contributed by atoms with Crippen LogP contribution in [-0.4, -0.2) is 54.5 Å². The summed E-state index contributed by atoms with van der Waals surface area (Å²) in [7, 11) is 4.27. The Kier molecular flexibility index (Phi) is 6.03. The van der Waals surface area contributed by atoms with Gasteiger partial charge in [0.1, 0.15) is 14.1 Å². The minimum absolute atomic E-state index is 0.0386. The van der Waals surface area contributed by atoms with Crippen molar-refractivity contribution >= 4 is 21.6 Å². The Labute approximate surface area is 207 Å². The van der Waals surface area contributed by atoms with Crippen LogP contribution in [0.25, 0.3) is 0 Å². The van der Waals surface area contributed by atoms with Crippen LogP contribution in [0.3, 0.4) is 0 Å². The average Bonchev–Trinajstić information content (AvgIpc) is 2.80. The highest BCUT2D eigenvalue weighted by Gasteiger charge is 2.44. The zero-order valence-corrected chi connectivity index (χ0v) is 22.2. The van der Waals surface area contributed by atoms with Gasteiger partial charge in [-0.3, -0.25) is 4.90 Å². The second-order valence-electron chi connectivity index (χ2n) is 10.7. The molecular formula is C29H37BrN3+. The van der Waals surface area contributed by atoms with Gasteiger partial charge in [-0.1, -0.05) is 61.0 Å². The van der Waals surface area contributed by atoms with Gasteiger partial charge in [0.15, 0.2) is 5.71 Å². The molecule has 0 spiro atoms. The average molecular weight is 508 g/mol. The lowest BCUT2D eigenvalue weighted by atomic mass is 9.61. The van der Waals surface area contributed by atoms with E-state index >= 15 is 0 Å². The van der Waals surface area contributed by atoms with Crippen molar-refractivity contribution in [2.75, 3.05) is 27.2 Å². The predicted octanol–water partition coefficient (Wildman–Crippen LogP) is 5.65. The quantitative estimate of drug-likeness (QED) is 0.498. The summed E-state index contributed by atoms with van der Waals surface area (Å²) in [6.45, 7) is 9.49. The molecule has 0 amide bonds. The fraction of sp³-hybridized carbons (Fsp3) is 0.483. The smallest absolute Gasteiger partial charge is 0.199 e. The first-order valence-electron chi connectivity index (χ1n) is 12.5. The maximum atomic E-state index is 3.97. The van der Waals surface area contributed by atoms with Crippen LogP contribution in [0.5, 0.6) is 0 Å². The number of hydrogen-bond donors (Lipinski definition) is 1.